The van der Waals surface area contributed by atoms with Crippen molar-refractivity contribution < 1.29 is 9.53 Å². The Morgan fingerprint density at radius 2 is 1.94 bits per heavy atom. The summed E-state index contributed by atoms with van der Waals surface area (Å²) >= 11 is 0. The first-order valence-electron chi connectivity index (χ1n) is 11.5. The Morgan fingerprint density at radius 1 is 1.10 bits per heavy atom. The van der Waals surface area contributed by atoms with E-state index in [9.17, 15) is 4.79 Å². The third-order valence-electron chi connectivity index (χ3n) is 6.70. The van der Waals surface area contributed by atoms with E-state index < -0.39 is 0 Å². The normalized spacial score (nSPS) is 23.8. The van der Waals surface area contributed by atoms with E-state index in [1.807, 2.05) is 17.0 Å². The summed E-state index contributed by atoms with van der Waals surface area (Å²) in [7, 11) is 0. The van der Waals surface area contributed by atoms with Crippen LogP contribution in [0.25, 0.3) is 6.08 Å². The lowest BCUT2D eigenvalue weighted by atomic mass is 10.1. The molecule has 2 atom stereocenters. The minimum atomic E-state index is 0.134. The van der Waals surface area contributed by atoms with Gasteiger partial charge in [-0.3, -0.25) is 9.69 Å². The SMILES string of the molecule is C[C@H]1CN(C[C@H]2CCCO2)CCN1C(=O)c1ccc(N2CC=Cc3ccccc32)cc1. The highest BCUT2D eigenvalue weighted by Gasteiger charge is 2.30. The van der Waals surface area contributed by atoms with Crippen LogP contribution in [0, 0.1) is 0 Å². The van der Waals surface area contributed by atoms with E-state index in [0.29, 0.717) is 6.10 Å². The van der Waals surface area contributed by atoms with Crippen molar-refractivity contribution in [1.29, 1.82) is 0 Å². The molecule has 0 saturated carbocycles. The van der Waals surface area contributed by atoms with Gasteiger partial charge in [0.15, 0.2) is 0 Å². The van der Waals surface area contributed by atoms with E-state index in [-0.39, 0.29) is 11.9 Å². The number of piperazine rings is 1. The summed E-state index contributed by atoms with van der Waals surface area (Å²) in [6.07, 6.45) is 7.06. The zero-order valence-electron chi connectivity index (χ0n) is 18.2. The van der Waals surface area contributed by atoms with Gasteiger partial charge in [-0.2, -0.15) is 0 Å². The fourth-order valence-corrected chi connectivity index (χ4v) is 5.03. The maximum absolute atomic E-state index is 13.2. The number of nitrogens with zero attached hydrogens (tertiary/aromatic N) is 3. The number of anilines is 2. The highest BCUT2D eigenvalue weighted by Crippen LogP contribution is 2.32. The first-order chi connectivity index (χ1) is 15.2. The Kier molecular flexibility index (Phi) is 5.79. The maximum Gasteiger partial charge on any atom is 0.254 e. The monoisotopic (exact) mass is 417 g/mol. The van der Waals surface area contributed by atoms with Crippen molar-refractivity contribution in [3.05, 3.63) is 65.7 Å². The molecule has 2 aromatic carbocycles. The van der Waals surface area contributed by atoms with Crippen molar-refractivity contribution in [2.75, 3.05) is 44.2 Å². The molecule has 3 aliphatic heterocycles. The average molecular weight is 418 g/mol. The standard InChI is InChI=1S/C26H31N3O2/c1-20-18-27(19-24-8-5-17-31-24)15-16-28(20)26(30)22-10-12-23(13-11-22)29-14-4-7-21-6-2-3-9-25(21)29/h2-4,6-7,9-13,20,24H,5,8,14-19H2,1H3/t20-,24+/m0/s1. The van der Waals surface area contributed by atoms with Gasteiger partial charge in [0.2, 0.25) is 0 Å². The van der Waals surface area contributed by atoms with E-state index in [4.69, 9.17) is 4.74 Å². The quantitative estimate of drug-likeness (QED) is 0.748. The molecule has 162 valence electrons. The van der Waals surface area contributed by atoms with E-state index in [2.05, 4.69) is 65.3 Å². The van der Waals surface area contributed by atoms with Gasteiger partial charge < -0.3 is 14.5 Å². The number of fused-ring (bicyclic) bond motifs is 1. The number of hydrogen-bond acceptors (Lipinski definition) is 4. The second-order valence-corrected chi connectivity index (χ2v) is 8.86. The number of carbonyl (C=O) groups is 1. The van der Waals surface area contributed by atoms with Gasteiger partial charge in [0.05, 0.1) is 6.10 Å². The Morgan fingerprint density at radius 3 is 2.71 bits per heavy atom. The first kappa shape index (κ1) is 20.3. The molecule has 0 N–H and O–H groups in total. The molecule has 2 aromatic rings. The zero-order valence-corrected chi connectivity index (χ0v) is 18.2. The van der Waals surface area contributed by atoms with Gasteiger partial charge in [0, 0.05) is 62.3 Å². The molecule has 0 radical (unpaired) electrons. The number of hydrogen-bond donors (Lipinski definition) is 0. The van der Waals surface area contributed by atoms with E-state index in [1.165, 1.54) is 17.7 Å². The minimum absolute atomic E-state index is 0.134. The van der Waals surface area contributed by atoms with Gasteiger partial charge in [0.1, 0.15) is 0 Å². The summed E-state index contributed by atoms with van der Waals surface area (Å²) in [4.78, 5) is 20.0. The molecule has 2 fully saturated rings. The van der Waals surface area contributed by atoms with Crippen LogP contribution < -0.4 is 4.90 Å². The Labute approximate surface area is 184 Å². The fourth-order valence-electron chi connectivity index (χ4n) is 5.03. The van der Waals surface area contributed by atoms with Crippen LogP contribution in [0.15, 0.2) is 54.6 Å². The van der Waals surface area contributed by atoms with Crippen LogP contribution in [0.4, 0.5) is 11.4 Å². The van der Waals surface area contributed by atoms with Crippen LogP contribution in [0.3, 0.4) is 0 Å². The lowest BCUT2D eigenvalue weighted by Gasteiger charge is -2.40. The largest absolute Gasteiger partial charge is 0.377 e. The van der Waals surface area contributed by atoms with Gasteiger partial charge in [-0.1, -0.05) is 30.4 Å². The molecule has 0 spiro atoms. The molecule has 2 saturated heterocycles. The van der Waals surface area contributed by atoms with Crippen molar-refractivity contribution in [3.63, 3.8) is 0 Å². The summed E-state index contributed by atoms with van der Waals surface area (Å²) in [5.74, 6) is 0.134. The Balaban J connectivity index is 1.24. The summed E-state index contributed by atoms with van der Waals surface area (Å²) in [6.45, 7) is 7.50. The van der Waals surface area contributed by atoms with Gasteiger partial charge in [0.25, 0.3) is 5.91 Å². The molecule has 1 amide bonds. The molecule has 0 aliphatic carbocycles. The molecule has 3 aliphatic rings. The highest BCUT2D eigenvalue weighted by atomic mass is 16.5. The van der Waals surface area contributed by atoms with Gasteiger partial charge in [-0.25, -0.2) is 0 Å². The Bertz CT molecular complexity index is 949. The Hall–Kier alpha value is -2.63. The number of rotatable bonds is 4. The number of benzene rings is 2. The molecule has 5 rings (SSSR count). The number of carbonyl (C=O) groups excluding carboxylic acids is 1. The van der Waals surface area contributed by atoms with E-state index in [1.54, 1.807) is 0 Å². The van der Waals surface area contributed by atoms with Crippen molar-refractivity contribution in [2.24, 2.45) is 0 Å². The van der Waals surface area contributed by atoms with Crippen molar-refractivity contribution >= 4 is 23.4 Å². The third-order valence-corrected chi connectivity index (χ3v) is 6.70. The molecule has 5 nitrogen and oxygen atoms in total. The van der Waals surface area contributed by atoms with Crippen LogP contribution in [0.1, 0.15) is 35.7 Å². The van der Waals surface area contributed by atoms with Gasteiger partial charge >= 0.3 is 0 Å². The predicted molar refractivity (Wildman–Crippen MR) is 125 cm³/mol. The lowest BCUT2D eigenvalue weighted by molar-refractivity contribution is 0.0279. The molecule has 5 heteroatoms. The average Bonchev–Trinajstić information content (AvgIpc) is 3.32. The summed E-state index contributed by atoms with van der Waals surface area (Å²) in [5, 5.41) is 0. The lowest BCUT2D eigenvalue weighted by Crippen LogP contribution is -2.55. The van der Waals surface area contributed by atoms with Crippen LogP contribution in [-0.4, -0.2) is 67.2 Å². The van der Waals surface area contributed by atoms with Crippen LogP contribution >= 0.6 is 0 Å². The smallest absolute Gasteiger partial charge is 0.254 e. The third kappa shape index (κ3) is 4.25. The zero-order chi connectivity index (χ0) is 21.2. The van der Waals surface area contributed by atoms with Gasteiger partial charge in [-0.15, -0.1) is 0 Å². The maximum atomic E-state index is 13.2. The number of para-hydroxylation sites is 1. The molecular weight excluding hydrogens is 386 g/mol. The molecule has 31 heavy (non-hydrogen) atoms. The van der Waals surface area contributed by atoms with Crippen LogP contribution in [0.2, 0.25) is 0 Å². The summed E-state index contributed by atoms with van der Waals surface area (Å²) in [6, 6.07) is 16.7. The predicted octanol–water partition coefficient (Wildman–Crippen LogP) is 4.18. The summed E-state index contributed by atoms with van der Waals surface area (Å²) in [5.41, 5.74) is 4.32. The number of ether oxygens (including phenoxy) is 1. The van der Waals surface area contributed by atoms with Crippen LogP contribution in [-0.2, 0) is 4.74 Å². The summed E-state index contributed by atoms with van der Waals surface area (Å²) < 4.78 is 5.79. The van der Waals surface area contributed by atoms with Gasteiger partial charge in [-0.05, 0) is 55.7 Å². The topological polar surface area (TPSA) is 36.0 Å². The second-order valence-electron chi connectivity index (χ2n) is 8.86. The molecule has 0 bridgehead atoms. The minimum Gasteiger partial charge on any atom is -0.377 e. The molecule has 3 heterocycles. The van der Waals surface area contributed by atoms with E-state index in [0.717, 1.165) is 57.0 Å². The second kappa shape index (κ2) is 8.85. The molecule has 0 aromatic heterocycles. The van der Waals surface area contributed by atoms with Crippen molar-refractivity contribution in [2.45, 2.75) is 31.9 Å². The first-order valence-corrected chi connectivity index (χ1v) is 11.5. The molecular formula is C26H31N3O2. The highest BCUT2D eigenvalue weighted by molar-refractivity contribution is 5.95. The van der Waals surface area contributed by atoms with Crippen molar-refractivity contribution in [1.82, 2.24) is 9.80 Å². The number of amides is 1. The van der Waals surface area contributed by atoms with Crippen molar-refractivity contribution in [3.8, 4) is 0 Å². The molecule has 0 unspecified atom stereocenters. The van der Waals surface area contributed by atoms with Crippen LogP contribution in [0.5, 0.6) is 0 Å². The van der Waals surface area contributed by atoms with E-state index >= 15 is 0 Å². The fraction of sp³-hybridized carbons (Fsp3) is 0.423.